The Kier molecular flexibility index (Phi) is 1.70. The van der Waals surface area contributed by atoms with Crippen LogP contribution in [-0.2, 0) is 9.47 Å². The molecule has 5 atom stereocenters. The van der Waals surface area contributed by atoms with Crippen molar-refractivity contribution >= 4 is 0 Å². The van der Waals surface area contributed by atoms with Crippen LogP contribution in [-0.4, -0.2) is 46.8 Å². The van der Waals surface area contributed by atoms with E-state index in [1.165, 1.54) is 0 Å². The van der Waals surface area contributed by atoms with Crippen molar-refractivity contribution in [3.05, 3.63) is 0 Å². The van der Waals surface area contributed by atoms with Crippen LogP contribution in [0.4, 0.5) is 0 Å². The van der Waals surface area contributed by atoms with Crippen LogP contribution in [0.3, 0.4) is 0 Å². The molecule has 0 radical (unpaired) electrons. The SMILES string of the molecule is CC1O[C@@H]2[C@H](C)O[C@@]1(CO)[C@@H]2O. The summed E-state index contributed by atoms with van der Waals surface area (Å²) >= 11 is 0. The van der Waals surface area contributed by atoms with Gasteiger partial charge in [-0.05, 0) is 13.8 Å². The van der Waals surface area contributed by atoms with Crippen LogP contribution in [0.25, 0.3) is 0 Å². The molecule has 2 N–H and O–H groups in total. The van der Waals surface area contributed by atoms with Crippen molar-refractivity contribution in [2.75, 3.05) is 6.61 Å². The molecule has 70 valence electrons. The van der Waals surface area contributed by atoms with Crippen molar-refractivity contribution in [1.29, 1.82) is 0 Å². The summed E-state index contributed by atoms with van der Waals surface area (Å²) in [5.74, 6) is 0. The molecule has 0 aromatic carbocycles. The highest BCUT2D eigenvalue weighted by Crippen LogP contribution is 2.43. The first-order chi connectivity index (χ1) is 5.62. The Morgan fingerprint density at radius 1 is 1.42 bits per heavy atom. The van der Waals surface area contributed by atoms with Gasteiger partial charge in [0.2, 0.25) is 0 Å². The Labute approximate surface area is 71.1 Å². The summed E-state index contributed by atoms with van der Waals surface area (Å²) < 4.78 is 10.9. The predicted octanol–water partition coefficient (Wildman–Crippen LogP) is -0.716. The lowest BCUT2D eigenvalue weighted by molar-refractivity contribution is -0.189. The Morgan fingerprint density at radius 2 is 2.08 bits per heavy atom. The standard InChI is InChI=1S/C8H14O4/c1-4-6-7(10)8(3-9,12-4)5(2)11-6/h4-7,9-10H,3H2,1-2H3/t4-,5?,6+,7+,8+/m0/s1. The first kappa shape index (κ1) is 8.44. The minimum Gasteiger partial charge on any atom is -0.393 e. The molecule has 2 aliphatic rings. The minimum atomic E-state index is -0.871. The fourth-order valence-corrected chi connectivity index (χ4v) is 2.15. The van der Waals surface area contributed by atoms with Gasteiger partial charge in [0.1, 0.15) is 17.8 Å². The lowest BCUT2D eigenvalue weighted by Crippen LogP contribution is -2.49. The predicted molar refractivity (Wildman–Crippen MR) is 40.7 cm³/mol. The van der Waals surface area contributed by atoms with Crippen LogP contribution in [0.15, 0.2) is 0 Å². The largest absolute Gasteiger partial charge is 0.393 e. The van der Waals surface area contributed by atoms with Crippen molar-refractivity contribution in [2.45, 2.75) is 43.9 Å². The third-order valence-corrected chi connectivity index (χ3v) is 2.98. The number of rotatable bonds is 1. The molecule has 1 unspecified atom stereocenters. The number of aliphatic hydroxyl groups excluding tert-OH is 2. The van der Waals surface area contributed by atoms with Gasteiger partial charge < -0.3 is 19.7 Å². The van der Waals surface area contributed by atoms with Crippen molar-refractivity contribution in [1.82, 2.24) is 0 Å². The number of aliphatic hydroxyl groups is 2. The molecule has 12 heavy (non-hydrogen) atoms. The van der Waals surface area contributed by atoms with E-state index in [2.05, 4.69) is 0 Å². The summed E-state index contributed by atoms with van der Waals surface area (Å²) in [4.78, 5) is 0. The maximum absolute atomic E-state index is 9.71. The van der Waals surface area contributed by atoms with Crippen LogP contribution in [0.1, 0.15) is 13.8 Å². The van der Waals surface area contributed by atoms with Gasteiger partial charge in [0.15, 0.2) is 0 Å². The van der Waals surface area contributed by atoms with E-state index in [4.69, 9.17) is 14.6 Å². The maximum Gasteiger partial charge on any atom is 0.146 e. The molecule has 0 amide bonds. The normalized spacial score (nSPS) is 58.0. The van der Waals surface area contributed by atoms with E-state index in [0.29, 0.717) is 0 Å². The fraction of sp³-hybridized carbons (Fsp3) is 1.00. The highest BCUT2D eigenvalue weighted by Gasteiger charge is 2.63. The topological polar surface area (TPSA) is 58.9 Å². The molecular formula is C8H14O4. The monoisotopic (exact) mass is 174 g/mol. The van der Waals surface area contributed by atoms with Gasteiger partial charge in [0.25, 0.3) is 0 Å². The molecule has 2 bridgehead atoms. The maximum atomic E-state index is 9.71. The van der Waals surface area contributed by atoms with E-state index in [9.17, 15) is 5.11 Å². The average molecular weight is 174 g/mol. The highest BCUT2D eigenvalue weighted by molar-refractivity contribution is 5.10. The van der Waals surface area contributed by atoms with Crippen molar-refractivity contribution in [2.24, 2.45) is 0 Å². The van der Waals surface area contributed by atoms with Gasteiger partial charge in [-0.25, -0.2) is 0 Å². The molecule has 0 spiro atoms. The van der Waals surface area contributed by atoms with Crippen molar-refractivity contribution < 1.29 is 19.7 Å². The Bertz CT molecular complexity index is 195. The second-order valence-electron chi connectivity index (χ2n) is 3.62. The summed E-state index contributed by atoms with van der Waals surface area (Å²) in [5.41, 5.74) is -0.871. The number of fused-ring (bicyclic) bond motifs is 2. The smallest absolute Gasteiger partial charge is 0.146 e. The van der Waals surface area contributed by atoms with Crippen LogP contribution in [0, 0.1) is 0 Å². The molecule has 2 heterocycles. The summed E-state index contributed by atoms with van der Waals surface area (Å²) in [6.45, 7) is 3.47. The summed E-state index contributed by atoms with van der Waals surface area (Å²) in [5, 5.41) is 18.8. The fourth-order valence-electron chi connectivity index (χ4n) is 2.15. The zero-order valence-corrected chi connectivity index (χ0v) is 7.23. The molecule has 2 fully saturated rings. The number of hydrogen-bond acceptors (Lipinski definition) is 4. The third-order valence-electron chi connectivity index (χ3n) is 2.98. The van der Waals surface area contributed by atoms with Gasteiger partial charge in [-0.1, -0.05) is 0 Å². The zero-order valence-electron chi connectivity index (χ0n) is 7.23. The average Bonchev–Trinajstić information content (AvgIpc) is 2.41. The first-order valence-corrected chi connectivity index (χ1v) is 4.24. The minimum absolute atomic E-state index is 0.122. The number of hydrogen-bond donors (Lipinski definition) is 2. The van der Waals surface area contributed by atoms with E-state index in [0.717, 1.165) is 0 Å². The summed E-state index contributed by atoms with van der Waals surface area (Å²) in [7, 11) is 0. The molecule has 4 nitrogen and oxygen atoms in total. The van der Waals surface area contributed by atoms with Gasteiger partial charge in [-0.3, -0.25) is 0 Å². The van der Waals surface area contributed by atoms with Crippen LogP contribution in [0.2, 0.25) is 0 Å². The lowest BCUT2D eigenvalue weighted by Gasteiger charge is -2.32. The van der Waals surface area contributed by atoms with E-state index >= 15 is 0 Å². The van der Waals surface area contributed by atoms with Crippen LogP contribution < -0.4 is 0 Å². The Morgan fingerprint density at radius 3 is 2.42 bits per heavy atom. The first-order valence-electron chi connectivity index (χ1n) is 4.24. The van der Waals surface area contributed by atoms with E-state index in [-0.39, 0.29) is 24.9 Å². The molecule has 2 aliphatic heterocycles. The molecule has 0 aromatic heterocycles. The molecule has 0 aromatic rings. The van der Waals surface area contributed by atoms with Gasteiger partial charge in [-0.2, -0.15) is 0 Å². The van der Waals surface area contributed by atoms with Gasteiger partial charge in [-0.15, -0.1) is 0 Å². The summed E-state index contributed by atoms with van der Waals surface area (Å²) in [6, 6.07) is 0. The molecule has 0 aliphatic carbocycles. The molecule has 0 saturated carbocycles. The van der Waals surface area contributed by atoms with E-state index in [1.807, 2.05) is 13.8 Å². The van der Waals surface area contributed by atoms with Crippen LogP contribution >= 0.6 is 0 Å². The number of ether oxygens (including phenoxy) is 2. The molecule has 2 rings (SSSR count). The zero-order chi connectivity index (χ0) is 8.93. The van der Waals surface area contributed by atoms with Crippen LogP contribution in [0.5, 0.6) is 0 Å². The Balaban J connectivity index is 2.30. The van der Waals surface area contributed by atoms with Crippen molar-refractivity contribution in [3.8, 4) is 0 Å². The van der Waals surface area contributed by atoms with Gasteiger partial charge in [0.05, 0.1) is 18.8 Å². The van der Waals surface area contributed by atoms with Gasteiger partial charge >= 0.3 is 0 Å². The van der Waals surface area contributed by atoms with E-state index in [1.54, 1.807) is 0 Å². The van der Waals surface area contributed by atoms with Crippen molar-refractivity contribution in [3.63, 3.8) is 0 Å². The molecular weight excluding hydrogens is 160 g/mol. The third kappa shape index (κ3) is 0.758. The quantitative estimate of drug-likeness (QED) is 0.551. The van der Waals surface area contributed by atoms with E-state index < -0.39 is 11.7 Å². The summed E-state index contributed by atoms with van der Waals surface area (Å²) in [6.07, 6.45) is -1.30. The van der Waals surface area contributed by atoms with Gasteiger partial charge in [0, 0.05) is 0 Å². The Hall–Kier alpha value is -0.160. The molecule has 2 saturated heterocycles. The molecule has 4 heteroatoms. The second kappa shape index (κ2) is 2.42. The highest BCUT2D eigenvalue weighted by atomic mass is 16.6. The lowest BCUT2D eigenvalue weighted by atomic mass is 9.94. The second-order valence-corrected chi connectivity index (χ2v) is 3.62.